The van der Waals surface area contributed by atoms with Crippen molar-refractivity contribution in [3.8, 4) is 0 Å². The summed E-state index contributed by atoms with van der Waals surface area (Å²) in [5.41, 5.74) is 5.43. The number of urea groups is 1. The largest absolute Gasteiger partial charge is 0.379 e. The predicted octanol–water partition coefficient (Wildman–Crippen LogP) is 1.84. The molecule has 1 heterocycles. The van der Waals surface area contributed by atoms with Crippen molar-refractivity contribution in [3.05, 3.63) is 35.6 Å². The lowest BCUT2D eigenvalue weighted by molar-refractivity contribution is -0.121. The van der Waals surface area contributed by atoms with Gasteiger partial charge in [0, 0.05) is 25.7 Å². The topological polar surface area (TPSA) is 82.7 Å². The molecular weight excluding hydrogens is 363 g/mol. The molecule has 1 saturated heterocycles. The minimum absolute atomic E-state index is 0.0602. The Morgan fingerprint density at radius 2 is 1.75 bits per heavy atom. The number of nitrogens with zero attached hydrogens (tertiary/aromatic N) is 1. The summed E-state index contributed by atoms with van der Waals surface area (Å²) in [5.74, 6) is -0.244. The van der Waals surface area contributed by atoms with Crippen LogP contribution in [0.1, 0.15) is 32.3 Å². The summed E-state index contributed by atoms with van der Waals surface area (Å²) >= 11 is 0. The van der Waals surface area contributed by atoms with Gasteiger partial charge in [0.2, 0.25) is 5.91 Å². The molecule has 156 valence electrons. The minimum Gasteiger partial charge on any atom is -0.379 e. The van der Waals surface area contributed by atoms with Gasteiger partial charge in [0.15, 0.2) is 0 Å². The fraction of sp³-hybridized carbons (Fsp3) is 0.600. The van der Waals surface area contributed by atoms with E-state index in [2.05, 4.69) is 34.9 Å². The van der Waals surface area contributed by atoms with Crippen molar-refractivity contribution >= 4 is 11.9 Å². The molecule has 1 aromatic rings. The smallest absolute Gasteiger partial charge is 0.333 e. The number of amides is 3. The molecular formula is C20H31FN4O3. The zero-order chi connectivity index (χ0) is 20.4. The maximum absolute atomic E-state index is 12.9. The van der Waals surface area contributed by atoms with E-state index in [1.54, 1.807) is 0 Å². The number of hydrogen-bond donors (Lipinski definition) is 3. The number of carbonyl (C=O) groups excluding carboxylic acids is 2. The molecule has 1 unspecified atom stereocenters. The van der Waals surface area contributed by atoms with Crippen LogP contribution in [-0.4, -0.2) is 55.7 Å². The number of halogens is 1. The van der Waals surface area contributed by atoms with E-state index < -0.39 is 6.03 Å². The highest BCUT2D eigenvalue weighted by Gasteiger charge is 2.27. The van der Waals surface area contributed by atoms with E-state index in [0.717, 1.165) is 25.9 Å². The Balaban J connectivity index is 1.78. The van der Waals surface area contributed by atoms with Gasteiger partial charge in [0.05, 0.1) is 19.6 Å². The van der Waals surface area contributed by atoms with Gasteiger partial charge < -0.3 is 10.1 Å². The normalized spacial score (nSPS) is 15.9. The van der Waals surface area contributed by atoms with Gasteiger partial charge in [-0.15, -0.1) is 0 Å². The van der Waals surface area contributed by atoms with E-state index in [1.165, 1.54) is 24.3 Å². The molecule has 1 atom stereocenters. The Morgan fingerprint density at radius 1 is 1.11 bits per heavy atom. The second-order valence-electron chi connectivity index (χ2n) is 6.98. The van der Waals surface area contributed by atoms with E-state index in [-0.39, 0.29) is 24.2 Å². The summed E-state index contributed by atoms with van der Waals surface area (Å²) in [6, 6.07) is 5.46. The monoisotopic (exact) mass is 394 g/mol. The van der Waals surface area contributed by atoms with Crippen LogP contribution in [0.25, 0.3) is 0 Å². The molecule has 0 aromatic heterocycles. The van der Waals surface area contributed by atoms with Crippen molar-refractivity contribution in [2.24, 2.45) is 5.92 Å². The average Bonchev–Trinajstić information content (AvgIpc) is 2.72. The van der Waals surface area contributed by atoms with Gasteiger partial charge in [0.25, 0.3) is 0 Å². The number of hydrazine groups is 1. The first-order valence-corrected chi connectivity index (χ1v) is 9.92. The highest BCUT2D eigenvalue weighted by molar-refractivity contribution is 5.82. The summed E-state index contributed by atoms with van der Waals surface area (Å²) in [7, 11) is 0. The fourth-order valence-electron chi connectivity index (χ4n) is 3.54. The van der Waals surface area contributed by atoms with Gasteiger partial charge in [-0.3, -0.25) is 15.1 Å². The lowest BCUT2D eigenvalue weighted by Gasteiger charge is -2.38. The second kappa shape index (κ2) is 11.6. The Labute approximate surface area is 166 Å². The quantitative estimate of drug-likeness (QED) is 0.588. The van der Waals surface area contributed by atoms with Gasteiger partial charge in [-0.1, -0.05) is 38.8 Å². The van der Waals surface area contributed by atoms with Crippen molar-refractivity contribution in [2.45, 2.75) is 39.2 Å². The molecule has 0 spiro atoms. The molecule has 0 saturated carbocycles. The van der Waals surface area contributed by atoms with Gasteiger partial charge in [-0.05, 0) is 23.6 Å². The van der Waals surface area contributed by atoms with Crippen molar-refractivity contribution < 1.29 is 18.7 Å². The Hall–Kier alpha value is -2.19. The van der Waals surface area contributed by atoms with Gasteiger partial charge >= 0.3 is 6.03 Å². The van der Waals surface area contributed by atoms with E-state index in [1.807, 2.05) is 0 Å². The lowest BCUT2D eigenvalue weighted by Crippen LogP contribution is -2.54. The molecule has 7 nitrogen and oxygen atoms in total. The standard InChI is InChI=1S/C20H31FN4O3/c1-3-16(4-2)18(25-9-11-28-12-10-25)14-22-20(27)24-23-19(26)13-15-5-7-17(21)8-6-15/h5-8,16,18H,3-4,9-14H2,1-2H3,(H,23,26)(H2,22,24,27). The number of carbonyl (C=O) groups is 2. The fourth-order valence-corrected chi connectivity index (χ4v) is 3.54. The summed E-state index contributed by atoms with van der Waals surface area (Å²) in [6.45, 7) is 7.98. The van der Waals surface area contributed by atoms with Crippen LogP contribution in [0.4, 0.5) is 9.18 Å². The molecule has 8 heteroatoms. The molecule has 1 aliphatic heterocycles. The second-order valence-corrected chi connectivity index (χ2v) is 6.98. The van der Waals surface area contributed by atoms with Crippen molar-refractivity contribution in [1.29, 1.82) is 0 Å². The molecule has 1 aliphatic rings. The van der Waals surface area contributed by atoms with Crippen molar-refractivity contribution in [2.75, 3.05) is 32.8 Å². The number of morpholine rings is 1. The molecule has 1 fully saturated rings. The van der Waals surface area contributed by atoms with Crippen LogP contribution in [0.3, 0.4) is 0 Å². The predicted molar refractivity (Wildman–Crippen MR) is 105 cm³/mol. The number of rotatable bonds is 8. The van der Waals surface area contributed by atoms with Crippen LogP contribution in [0.2, 0.25) is 0 Å². The average molecular weight is 394 g/mol. The van der Waals surface area contributed by atoms with Crippen molar-refractivity contribution in [3.63, 3.8) is 0 Å². The molecule has 3 N–H and O–H groups in total. The third-order valence-electron chi connectivity index (χ3n) is 5.17. The maximum atomic E-state index is 12.9. The zero-order valence-corrected chi connectivity index (χ0v) is 16.7. The van der Waals surface area contributed by atoms with Gasteiger partial charge in [-0.25, -0.2) is 14.6 Å². The van der Waals surface area contributed by atoms with Crippen LogP contribution in [0.15, 0.2) is 24.3 Å². The first-order valence-electron chi connectivity index (χ1n) is 9.92. The third kappa shape index (κ3) is 7.09. The van der Waals surface area contributed by atoms with Crippen LogP contribution in [-0.2, 0) is 16.0 Å². The number of benzene rings is 1. The molecule has 3 amide bonds. The van der Waals surface area contributed by atoms with E-state index >= 15 is 0 Å². The summed E-state index contributed by atoms with van der Waals surface area (Å²) < 4.78 is 18.3. The molecule has 0 radical (unpaired) electrons. The Bertz CT molecular complexity index is 616. The molecule has 1 aromatic carbocycles. The van der Waals surface area contributed by atoms with Crippen molar-refractivity contribution in [1.82, 2.24) is 21.1 Å². The summed E-state index contributed by atoms with van der Waals surface area (Å²) in [4.78, 5) is 26.4. The molecule has 2 rings (SSSR count). The van der Waals surface area contributed by atoms with E-state index in [0.29, 0.717) is 31.2 Å². The first kappa shape index (κ1) is 22.1. The summed E-state index contributed by atoms with van der Waals surface area (Å²) in [5, 5.41) is 2.86. The molecule has 28 heavy (non-hydrogen) atoms. The zero-order valence-electron chi connectivity index (χ0n) is 16.7. The van der Waals surface area contributed by atoms with Crippen LogP contribution >= 0.6 is 0 Å². The van der Waals surface area contributed by atoms with Gasteiger partial charge in [-0.2, -0.15) is 0 Å². The first-order chi connectivity index (χ1) is 13.5. The molecule has 0 bridgehead atoms. The number of nitrogens with one attached hydrogen (secondary N) is 3. The number of ether oxygens (including phenoxy) is 1. The lowest BCUT2D eigenvalue weighted by atomic mass is 9.92. The maximum Gasteiger partial charge on any atom is 0.333 e. The highest BCUT2D eigenvalue weighted by Crippen LogP contribution is 2.19. The Morgan fingerprint density at radius 3 is 2.36 bits per heavy atom. The minimum atomic E-state index is -0.448. The number of hydrogen-bond acceptors (Lipinski definition) is 4. The van der Waals surface area contributed by atoms with Crippen LogP contribution < -0.4 is 16.2 Å². The van der Waals surface area contributed by atoms with Crippen LogP contribution in [0, 0.1) is 11.7 Å². The van der Waals surface area contributed by atoms with Gasteiger partial charge in [0.1, 0.15) is 5.82 Å². The van der Waals surface area contributed by atoms with Crippen LogP contribution in [0.5, 0.6) is 0 Å². The molecule has 0 aliphatic carbocycles. The highest BCUT2D eigenvalue weighted by atomic mass is 19.1. The third-order valence-corrected chi connectivity index (χ3v) is 5.17. The SMILES string of the molecule is CCC(CC)C(CNC(=O)NNC(=O)Cc1ccc(F)cc1)N1CCOCC1. The summed E-state index contributed by atoms with van der Waals surface area (Å²) in [6.07, 6.45) is 2.14. The van der Waals surface area contributed by atoms with E-state index in [4.69, 9.17) is 4.74 Å². The Kier molecular flexibility index (Phi) is 9.16. The van der Waals surface area contributed by atoms with E-state index in [9.17, 15) is 14.0 Å².